The molecule has 1 aromatic heterocycles. The average molecular weight is 306 g/mol. The minimum absolute atomic E-state index is 0.00442. The van der Waals surface area contributed by atoms with Gasteiger partial charge in [-0.25, -0.2) is 0 Å². The molecule has 8 heteroatoms. The fraction of sp³-hybridized carbons (Fsp3) is 0.286. The summed E-state index contributed by atoms with van der Waals surface area (Å²) in [5.41, 5.74) is 17.0. The molecule has 1 amide bonds. The number of aromatic nitrogens is 1. The highest BCUT2D eigenvalue weighted by Crippen LogP contribution is 2.29. The number of rotatable bonds is 5. The molecule has 0 aliphatic carbocycles. The lowest BCUT2D eigenvalue weighted by atomic mass is 10.1. The number of phenolic OH excluding ortho intramolecular Hbond substituents is 1. The number of carbonyl (C=O) groups excluding carboxylic acids is 2. The monoisotopic (exact) mass is 306 g/mol. The van der Waals surface area contributed by atoms with Gasteiger partial charge in [-0.3, -0.25) is 9.59 Å². The van der Waals surface area contributed by atoms with Crippen LogP contribution in [0.3, 0.4) is 0 Å². The van der Waals surface area contributed by atoms with Crippen molar-refractivity contribution in [3.05, 3.63) is 24.5 Å². The molecule has 2 unspecified atom stereocenters. The number of methoxy groups -OCH3 is 1. The van der Waals surface area contributed by atoms with Crippen molar-refractivity contribution < 1.29 is 19.4 Å². The number of nitrogen functional groups attached to an aromatic ring is 1. The molecule has 0 fully saturated rings. The molecule has 7 N–H and O–H groups in total. The van der Waals surface area contributed by atoms with Crippen LogP contribution in [0.25, 0.3) is 10.8 Å². The zero-order valence-corrected chi connectivity index (χ0v) is 12.0. The summed E-state index contributed by atoms with van der Waals surface area (Å²) < 4.78 is 6.09. The van der Waals surface area contributed by atoms with Gasteiger partial charge in [0.15, 0.2) is 0 Å². The van der Waals surface area contributed by atoms with Crippen LogP contribution in [-0.4, -0.2) is 34.7 Å². The number of esters is 1. The van der Waals surface area contributed by atoms with Gasteiger partial charge in [-0.05, 0) is 12.1 Å². The van der Waals surface area contributed by atoms with Gasteiger partial charge in [-0.2, -0.15) is 0 Å². The average Bonchev–Trinajstić information content (AvgIpc) is 2.85. The molecular formula is C14H18N4O4. The van der Waals surface area contributed by atoms with Crippen LogP contribution < -0.4 is 17.2 Å². The Labute approximate surface area is 126 Å². The maximum absolute atomic E-state index is 11.7. The molecule has 22 heavy (non-hydrogen) atoms. The topological polar surface area (TPSA) is 147 Å². The number of amides is 1. The fourth-order valence-corrected chi connectivity index (χ4v) is 2.27. The molecule has 2 rings (SSSR count). The zero-order chi connectivity index (χ0) is 16.4. The molecule has 0 saturated carbocycles. The number of carbonyl (C=O) groups is 2. The lowest BCUT2D eigenvalue weighted by Gasteiger charge is -2.18. The highest BCUT2D eigenvalue weighted by molar-refractivity contribution is 5.89. The van der Waals surface area contributed by atoms with Crippen molar-refractivity contribution in [2.75, 3.05) is 12.8 Å². The van der Waals surface area contributed by atoms with Crippen molar-refractivity contribution in [2.45, 2.75) is 18.5 Å². The van der Waals surface area contributed by atoms with E-state index in [0.717, 1.165) is 5.39 Å². The summed E-state index contributed by atoms with van der Waals surface area (Å²) in [6, 6.07) is 1.29. The number of primary amides is 1. The number of nitrogens with two attached hydrogens (primary N) is 3. The normalized spacial score (nSPS) is 13.7. The highest BCUT2D eigenvalue weighted by atomic mass is 16.5. The summed E-state index contributed by atoms with van der Waals surface area (Å²) in [5.74, 6) is -1.30. The van der Waals surface area contributed by atoms with Crippen LogP contribution in [0.15, 0.2) is 24.5 Å². The summed E-state index contributed by atoms with van der Waals surface area (Å²) in [6.45, 7) is 0. The first kappa shape index (κ1) is 15.6. The number of anilines is 1. The predicted octanol–water partition coefficient (Wildman–Crippen LogP) is -0.154. The van der Waals surface area contributed by atoms with E-state index in [1.54, 1.807) is 23.0 Å². The summed E-state index contributed by atoms with van der Waals surface area (Å²) in [5, 5.41) is 11.0. The van der Waals surface area contributed by atoms with Crippen molar-refractivity contribution in [1.82, 2.24) is 4.57 Å². The molecular weight excluding hydrogens is 288 g/mol. The first-order valence-corrected chi connectivity index (χ1v) is 6.56. The Morgan fingerprint density at radius 2 is 1.91 bits per heavy atom. The summed E-state index contributed by atoms with van der Waals surface area (Å²) >= 11 is 0. The number of fused-ring (bicyclic) bond motifs is 1. The first-order valence-electron chi connectivity index (χ1n) is 6.56. The number of hydrogen-bond donors (Lipinski definition) is 4. The van der Waals surface area contributed by atoms with E-state index in [1.165, 1.54) is 13.2 Å². The minimum atomic E-state index is -0.966. The van der Waals surface area contributed by atoms with E-state index in [9.17, 15) is 14.7 Å². The quantitative estimate of drug-likeness (QED) is 0.343. The van der Waals surface area contributed by atoms with Gasteiger partial charge in [-0.1, -0.05) is 0 Å². The van der Waals surface area contributed by atoms with Gasteiger partial charge in [-0.15, -0.1) is 0 Å². The van der Waals surface area contributed by atoms with Crippen LogP contribution in [0, 0.1) is 0 Å². The van der Waals surface area contributed by atoms with Crippen LogP contribution in [0.5, 0.6) is 5.75 Å². The van der Waals surface area contributed by atoms with Gasteiger partial charge in [0.25, 0.3) is 0 Å². The molecule has 1 heterocycles. The molecule has 8 nitrogen and oxygen atoms in total. The zero-order valence-electron chi connectivity index (χ0n) is 12.0. The fourth-order valence-electron chi connectivity index (χ4n) is 2.27. The Kier molecular flexibility index (Phi) is 4.22. The van der Waals surface area contributed by atoms with E-state index in [4.69, 9.17) is 17.2 Å². The van der Waals surface area contributed by atoms with E-state index in [0.29, 0.717) is 5.39 Å². The minimum Gasteiger partial charge on any atom is -0.506 e. The van der Waals surface area contributed by atoms with E-state index >= 15 is 0 Å². The molecule has 0 aliphatic heterocycles. The van der Waals surface area contributed by atoms with E-state index in [-0.39, 0.29) is 17.9 Å². The van der Waals surface area contributed by atoms with Crippen molar-refractivity contribution in [1.29, 1.82) is 0 Å². The third-order valence-electron chi connectivity index (χ3n) is 3.48. The number of aromatic hydroxyl groups is 1. The maximum atomic E-state index is 11.7. The largest absolute Gasteiger partial charge is 0.506 e. The van der Waals surface area contributed by atoms with Crippen molar-refractivity contribution in [3.8, 4) is 5.75 Å². The standard InChI is InChI=1S/C14H18N4O4/c1-22-14(21)10(16)4-11(13(17)20)18-5-7-2-9(15)12(19)3-8(7)6-18/h2-3,5-6,10-11,19H,4,15-16H2,1H3,(H2,17,20). The Morgan fingerprint density at radius 1 is 1.32 bits per heavy atom. The predicted molar refractivity (Wildman–Crippen MR) is 80.9 cm³/mol. The van der Waals surface area contributed by atoms with Crippen LogP contribution >= 0.6 is 0 Å². The van der Waals surface area contributed by atoms with E-state index in [1.807, 2.05) is 0 Å². The molecule has 0 aliphatic rings. The lowest BCUT2D eigenvalue weighted by molar-refractivity contribution is -0.142. The highest BCUT2D eigenvalue weighted by Gasteiger charge is 2.25. The van der Waals surface area contributed by atoms with Gasteiger partial charge in [0, 0.05) is 29.6 Å². The second-order valence-corrected chi connectivity index (χ2v) is 5.03. The number of nitrogens with zero attached hydrogens (tertiary/aromatic N) is 1. The van der Waals surface area contributed by atoms with Gasteiger partial charge in [0.1, 0.15) is 17.8 Å². The molecule has 0 radical (unpaired) electrons. The number of hydrogen-bond acceptors (Lipinski definition) is 6. The second kappa shape index (κ2) is 5.94. The van der Waals surface area contributed by atoms with Gasteiger partial charge >= 0.3 is 5.97 Å². The lowest BCUT2D eigenvalue weighted by Crippen LogP contribution is -2.38. The molecule has 0 spiro atoms. The Balaban J connectivity index is 2.36. The van der Waals surface area contributed by atoms with Crippen molar-refractivity contribution >= 4 is 28.3 Å². The first-order chi connectivity index (χ1) is 10.3. The van der Waals surface area contributed by atoms with Gasteiger partial charge < -0.3 is 31.6 Å². The molecule has 0 bridgehead atoms. The van der Waals surface area contributed by atoms with E-state index in [2.05, 4.69) is 4.74 Å². The number of phenols is 1. The molecule has 118 valence electrons. The summed E-state index contributed by atoms with van der Waals surface area (Å²) in [7, 11) is 1.22. The molecule has 0 saturated heterocycles. The molecule has 1 aromatic carbocycles. The SMILES string of the molecule is COC(=O)C(N)CC(C(N)=O)n1cc2cc(N)c(O)cc2c1. The third-order valence-corrected chi connectivity index (χ3v) is 3.48. The Bertz CT molecular complexity index is 686. The number of ether oxygens (including phenoxy) is 1. The van der Waals surface area contributed by atoms with Crippen LogP contribution in [-0.2, 0) is 14.3 Å². The summed E-state index contributed by atoms with van der Waals surface area (Å²) in [4.78, 5) is 23.1. The third kappa shape index (κ3) is 2.96. The Morgan fingerprint density at radius 3 is 2.45 bits per heavy atom. The number of benzene rings is 1. The second-order valence-electron chi connectivity index (χ2n) is 5.03. The van der Waals surface area contributed by atoms with Crippen molar-refractivity contribution in [2.24, 2.45) is 11.5 Å². The van der Waals surface area contributed by atoms with Crippen LogP contribution in [0.2, 0.25) is 0 Å². The van der Waals surface area contributed by atoms with Gasteiger partial charge in [0.2, 0.25) is 5.91 Å². The van der Waals surface area contributed by atoms with E-state index < -0.39 is 24.0 Å². The molecule has 2 aromatic rings. The molecule has 2 atom stereocenters. The summed E-state index contributed by atoms with van der Waals surface area (Å²) in [6.07, 6.45) is 3.29. The van der Waals surface area contributed by atoms with Crippen molar-refractivity contribution in [3.63, 3.8) is 0 Å². The smallest absolute Gasteiger partial charge is 0.322 e. The van der Waals surface area contributed by atoms with Crippen LogP contribution in [0.4, 0.5) is 5.69 Å². The van der Waals surface area contributed by atoms with Gasteiger partial charge in [0.05, 0.1) is 12.8 Å². The van der Waals surface area contributed by atoms with Crippen LogP contribution in [0.1, 0.15) is 12.5 Å². The Hall–Kier alpha value is -2.74. The maximum Gasteiger partial charge on any atom is 0.322 e.